The van der Waals surface area contributed by atoms with Crippen molar-refractivity contribution in [3.8, 4) is 11.3 Å². The fourth-order valence-corrected chi connectivity index (χ4v) is 4.75. The highest BCUT2D eigenvalue weighted by atomic mass is 32.1. The van der Waals surface area contributed by atoms with E-state index in [0.717, 1.165) is 43.1 Å². The van der Waals surface area contributed by atoms with E-state index in [9.17, 15) is 4.79 Å². The fraction of sp³-hybridized carbons (Fsp3) is 0.400. The first-order chi connectivity index (χ1) is 13.6. The molecule has 0 spiro atoms. The molecule has 2 aliphatic heterocycles. The third-order valence-electron chi connectivity index (χ3n) is 5.62. The fourth-order valence-electron chi connectivity index (χ4n) is 4.05. The minimum absolute atomic E-state index is 0.103. The molecule has 0 radical (unpaired) electrons. The number of rotatable bonds is 2. The number of imidazole rings is 1. The van der Waals surface area contributed by atoms with Crippen LogP contribution < -0.4 is 10.5 Å². The second-order valence-corrected chi connectivity index (χ2v) is 8.38. The summed E-state index contributed by atoms with van der Waals surface area (Å²) in [6, 6.07) is 1.90. The van der Waals surface area contributed by atoms with E-state index in [1.807, 2.05) is 35.3 Å². The van der Waals surface area contributed by atoms with E-state index >= 15 is 0 Å². The molecule has 1 saturated heterocycles. The van der Waals surface area contributed by atoms with E-state index in [1.54, 1.807) is 11.3 Å². The minimum Gasteiger partial charge on any atom is -0.405 e. The number of fused-ring (bicyclic) bond motifs is 2. The van der Waals surface area contributed by atoms with Crippen LogP contribution in [0.25, 0.3) is 22.3 Å². The zero-order valence-corrected chi connectivity index (χ0v) is 16.9. The normalized spacial score (nSPS) is 21.2. The van der Waals surface area contributed by atoms with Gasteiger partial charge in [0.2, 0.25) is 5.88 Å². The Kier molecular flexibility index (Phi) is 4.34. The van der Waals surface area contributed by atoms with Gasteiger partial charge in [0.25, 0.3) is 0 Å². The van der Waals surface area contributed by atoms with Crippen LogP contribution in [0.3, 0.4) is 0 Å². The smallest absolute Gasteiger partial charge is 0.347 e. The lowest BCUT2D eigenvalue weighted by molar-refractivity contribution is 0.227. The summed E-state index contributed by atoms with van der Waals surface area (Å²) in [5.74, 6) is 0.625. The Morgan fingerprint density at radius 1 is 1.21 bits per heavy atom. The van der Waals surface area contributed by atoms with Crippen molar-refractivity contribution in [2.45, 2.75) is 12.6 Å². The highest BCUT2D eigenvalue weighted by molar-refractivity contribution is 7.15. The van der Waals surface area contributed by atoms with Crippen LogP contribution >= 0.6 is 11.3 Å². The predicted octanol–water partition coefficient (Wildman–Crippen LogP) is 2.44. The van der Waals surface area contributed by atoms with Crippen molar-refractivity contribution in [3.05, 3.63) is 45.9 Å². The maximum atomic E-state index is 12.7. The van der Waals surface area contributed by atoms with Crippen molar-refractivity contribution in [2.24, 2.45) is 0 Å². The van der Waals surface area contributed by atoms with Crippen LogP contribution in [0.2, 0.25) is 0 Å². The first-order valence-corrected chi connectivity index (χ1v) is 10.4. The SMILES string of the molecule is CN1CCCN(C2C=Cc3cc(-c4cn5ccsc5n4)c(=O)oc3N2C)CC1. The summed E-state index contributed by atoms with van der Waals surface area (Å²) in [6.45, 7) is 4.20. The second-order valence-electron chi connectivity index (χ2n) is 7.50. The van der Waals surface area contributed by atoms with E-state index < -0.39 is 0 Å². The Balaban J connectivity index is 1.48. The van der Waals surface area contributed by atoms with Crippen LogP contribution in [0.4, 0.5) is 5.88 Å². The lowest BCUT2D eigenvalue weighted by Gasteiger charge is -2.38. The molecule has 5 heterocycles. The van der Waals surface area contributed by atoms with Gasteiger partial charge in [0, 0.05) is 50.0 Å². The molecule has 146 valence electrons. The van der Waals surface area contributed by atoms with Gasteiger partial charge in [0.1, 0.15) is 6.17 Å². The first-order valence-electron chi connectivity index (χ1n) is 9.54. The van der Waals surface area contributed by atoms with Gasteiger partial charge in [-0.2, -0.15) is 0 Å². The Bertz CT molecular complexity index is 1070. The molecule has 0 aliphatic carbocycles. The molecular formula is C20H23N5O2S. The topological polar surface area (TPSA) is 57.2 Å². The first kappa shape index (κ1) is 17.7. The Morgan fingerprint density at radius 3 is 2.96 bits per heavy atom. The standard InChI is InChI=1S/C20H23N5O2S/c1-22-6-3-7-24(9-8-22)17-5-4-14-12-15(19(26)27-18(14)23(17)2)16-13-25-10-11-28-20(25)21-16/h4-5,10-13,17H,3,6-9H2,1-2H3. The highest BCUT2D eigenvalue weighted by Crippen LogP contribution is 2.31. The van der Waals surface area contributed by atoms with Crippen molar-refractivity contribution in [2.75, 3.05) is 45.2 Å². The molecule has 1 fully saturated rings. The lowest BCUT2D eigenvalue weighted by atomic mass is 10.1. The van der Waals surface area contributed by atoms with Crippen molar-refractivity contribution >= 4 is 28.3 Å². The number of likely N-dealkylation sites (N-methyl/N-ethyl adjacent to an activating group) is 2. The van der Waals surface area contributed by atoms with Gasteiger partial charge in [-0.05, 0) is 32.2 Å². The summed E-state index contributed by atoms with van der Waals surface area (Å²) < 4.78 is 7.70. The maximum absolute atomic E-state index is 12.7. The average Bonchev–Trinajstić information content (AvgIpc) is 3.21. The van der Waals surface area contributed by atoms with Crippen LogP contribution in [0.15, 0.2) is 39.1 Å². The number of nitrogens with zero attached hydrogens (tertiary/aromatic N) is 5. The molecule has 2 aliphatic rings. The van der Waals surface area contributed by atoms with E-state index in [0.29, 0.717) is 17.1 Å². The van der Waals surface area contributed by atoms with Crippen LogP contribution in [-0.4, -0.2) is 65.6 Å². The van der Waals surface area contributed by atoms with Crippen LogP contribution in [-0.2, 0) is 0 Å². The van der Waals surface area contributed by atoms with Crippen molar-refractivity contribution in [1.29, 1.82) is 0 Å². The van der Waals surface area contributed by atoms with Crippen LogP contribution in [0.1, 0.15) is 12.0 Å². The Hall–Kier alpha value is -2.42. The molecule has 0 amide bonds. The molecule has 1 atom stereocenters. The molecule has 3 aromatic rings. The molecule has 0 bridgehead atoms. The van der Waals surface area contributed by atoms with E-state index in [2.05, 4.69) is 38.9 Å². The zero-order valence-electron chi connectivity index (χ0n) is 16.0. The summed E-state index contributed by atoms with van der Waals surface area (Å²) >= 11 is 1.54. The highest BCUT2D eigenvalue weighted by Gasteiger charge is 2.29. The molecule has 28 heavy (non-hydrogen) atoms. The molecule has 0 N–H and O–H groups in total. The van der Waals surface area contributed by atoms with Gasteiger partial charge in [0.15, 0.2) is 4.96 Å². The monoisotopic (exact) mass is 397 g/mol. The van der Waals surface area contributed by atoms with E-state index in [-0.39, 0.29) is 11.8 Å². The number of thiazole rings is 1. The predicted molar refractivity (Wildman–Crippen MR) is 112 cm³/mol. The summed E-state index contributed by atoms with van der Waals surface area (Å²) in [7, 11) is 4.16. The van der Waals surface area contributed by atoms with Crippen LogP contribution in [0, 0.1) is 0 Å². The molecule has 0 aromatic carbocycles. The number of hydrogen-bond acceptors (Lipinski definition) is 7. The number of hydrogen-bond donors (Lipinski definition) is 0. The van der Waals surface area contributed by atoms with Crippen molar-refractivity contribution in [3.63, 3.8) is 0 Å². The zero-order chi connectivity index (χ0) is 19.3. The van der Waals surface area contributed by atoms with Gasteiger partial charge in [-0.15, -0.1) is 11.3 Å². The molecular weight excluding hydrogens is 374 g/mol. The number of anilines is 1. The van der Waals surface area contributed by atoms with Gasteiger partial charge in [-0.1, -0.05) is 6.08 Å². The quantitative estimate of drug-likeness (QED) is 0.662. The van der Waals surface area contributed by atoms with Gasteiger partial charge < -0.3 is 14.2 Å². The summed E-state index contributed by atoms with van der Waals surface area (Å²) in [5, 5.41) is 1.97. The molecule has 0 saturated carbocycles. The molecule has 1 unspecified atom stereocenters. The van der Waals surface area contributed by atoms with Crippen LogP contribution in [0.5, 0.6) is 0 Å². The van der Waals surface area contributed by atoms with Gasteiger partial charge >= 0.3 is 5.63 Å². The largest absolute Gasteiger partial charge is 0.405 e. The maximum Gasteiger partial charge on any atom is 0.347 e. The van der Waals surface area contributed by atoms with Crippen molar-refractivity contribution < 1.29 is 4.42 Å². The lowest BCUT2D eigenvalue weighted by Crippen LogP contribution is -2.48. The Morgan fingerprint density at radius 2 is 2.11 bits per heavy atom. The third-order valence-corrected chi connectivity index (χ3v) is 6.39. The molecule has 5 rings (SSSR count). The Labute approximate surface area is 167 Å². The van der Waals surface area contributed by atoms with Gasteiger partial charge in [-0.25, -0.2) is 9.78 Å². The summed E-state index contributed by atoms with van der Waals surface area (Å²) in [4.78, 5) is 25.0. The van der Waals surface area contributed by atoms with Gasteiger partial charge in [0.05, 0.1) is 11.3 Å². The molecule has 8 heteroatoms. The van der Waals surface area contributed by atoms with Gasteiger partial charge in [-0.3, -0.25) is 9.30 Å². The van der Waals surface area contributed by atoms with E-state index in [4.69, 9.17) is 4.42 Å². The summed E-state index contributed by atoms with van der Waals surface area (Å²) in [6.07, 6.45) is 9.32. The third kappa shape index (κ3) is 2.97. The van der Waals surface area contributed by atoms with Crippen molar-refractivity contribution in [1.82, 2.24) is 19.2 Å². The van der Waals surface area contributed by atoms with E-state index in [1.165, 1.54) is 0 Å². The molecule has 3 aromatic heterocycles. The second kappa shape index (κ2) is 6.88. The minimum atomic E-state index is -0.346. The number of aromatic nitrogens is 2. The molecule has 7 nitrogen and oxygen atoms in total. The average molecular weight is 398 g/mol. The summed E-state index contributed by atoms with van der Waals surface area (Å²) in [5.41, 5.74) is 1.72.